The maximum atomic E-state index is 13.6. The zero-order valence-electron chi connectivity index (χ0n) is 12.1. The lowest BCUT2D eigenvalue weighted by Gasteiger charge is -2.19. The summed E-state index contributed by atoms with van der Waals surface area (Å²) >= 11 is 0. The van der Waals surface area contributed by atoms with Gasteiger partial charge in [0.15, 0.2) is 5.78 Å². The van der Waals surface area contributed by atoms with Gasteiger partial charge in [-0.05, 0) is 30.7 Å². The minimum absolute atomic E-state index is 0.155. The van der Waals surface area contributed by atoms with Crippen LogP contribution in [0.2, 0.25) is 0 Å². The molecule has 0 fully saturated rings. The number of hydrogen-bond acceptors (Lipinski definition) is 2. The number of carbonyl (C=O) groups is 1. The molecule has 0 amide bonds. The van der Waals surface area contributed by atoms with Gasteiger partial charge in [-0.1, -0.05) is 24.3 Å². The van der Waals surface area contributed by atoms with Gasteiger partial charge in [0.05, 0.1) is 5.69 Å². The number of para-hydroxylation sites is 1. The summed E-state index contributed by atoms with van der Waals surface area (Å²) in [6.07, 6.45) is 0.202. The first-order valence-corrected chi connectivity index (χ1v) is 6.74. The molecule has 0 aliphatic carbocycles. The number of benzene rings is 2. The Morgan fingerprint density at radius 2 is 1.81 bits per heavy atom. The fraction of sp³-hybridized carbons (Fsp3) is 0.235. The van der Waals surface area contributed by atoms with Gasteiger partial charge in [-0.3, -0.25) is 4.79 Å². The van der Waals surface area contributed by atoms with E-state index in [0.29, 0.717) is 23.4 Å². The summed E-state index contributed by atoms with van der Waals surface area (Å²) in [5.74, 6) is -0.866. The van der Waals surface area contributed by atoms with Crippen molar-refractivity contribution in [2.45, 2.75) is 13.3 Å². The fourth-order valence-corrected chi connectivity index (χ4v) is 2.06. The minimum Gasteiger partial charge on any atom is -0.372 e. The summed E-state index contributed by atoms with van der Waals surface area (Å²) in [7, 11) is 1.72. The van der Waals surface area contributed by atoms with Crippen molar-refractivity contribution in [3.63, 3.8) is 0 Å². The molecule has 0 aromatic heterocycles. The van der Waals surface area contributed by atoms with Gasteiger partial charge in [-0.25, -0.2) is 8.78 Å². The van der Waals surface area contributed by atoms with Gasteiger partial charge in [0, 0.05) is 25.6 Å². The van der Waals surface area contributed by atoms with Crippen LogP contribution in [0.4, 0.5) is 14.5 Å². The third-order valence-corrected chi connectivity index (χ3v) is 3.43. The lowest BCUT2D eigenvalue weighted by molar-refractivity contribution is 0.0984. The average molecular weight is 289 g/mol. The zero-order valence-corrected chi connectivity index (χ0v) is 12.1. The van der Waals surface area contributed by atoms with Crippen LogP contribution < -0.4 is 4.90 Å². The maximum Gasteiger partial charge on any atom is 0.164 e. The summed E-state index contributed by atoms with van der Waals surface area (Å²) in [5, 5.41) is 0. The summed E-state index contributed by atoms with van der Waals surface area (Å²) < 4.78 is 27.1. The van der Waals surface area contributed by atoms with E-state index in [1.54, 1.807) is 49.2 Å². The number of anilines is 1. The molecule has 0 N–H and O–H groups in total. The number of ketones is 1. The average Bonchev–Trinajstić information content (AvgIpc) is 2.47. The van der Waals surface area contributed by atoms with Crippen molar-refractivity contribution in [3.8, 4) is 0 Å². The standard InChI is InChI=1S/C17H17F2NO/c1-12-7-8-13(11-15(12)19)17(21)9-10-20(2)16-6-4-3-5-14(16)18/h3-8,11H,9-10H2,1-2H3. The van der Waals surface area contributed by atoms with E-state index in [1.165, 1.54) is 12.1 Å². The summed E-state index contributed by atoms with van der Waals surface area (Å²) in [4.78, 5) is 13.7. The van der Waals surface area contributed by atoms with E-state index < -0.39 is 0 Å². The van der Waals surface area contributed by atoms with Gasteiger partial charge in [0.1, 0.15) is 11.6 Å². The lowest BCUT2D eigenvalue weighted by Crippen LogP contribution is -2.22. The maximum absolute atomic E-state index is 13.6. The molecule has 0 spiro atoms. The van der Waals surface area contributed by atoms with Crippen LogP contribution in [0.25, 0.3) is 0 Å². The van der Waals surface area contributed by atoms with E-state index in [0.717, 1.165) is 0 Å². The van der Waals surface area contributed by atoms with Crippen molar-refractivity contribution in [2.24, 2.45) is 0 Å². The number of halogens is 2. The van der Waals surface area contributed by atoms with Gasteiger partial charge >= 0.3 is 0 Å². The molecule has 2 nitrogen and oxygen atoms in total. The first-order chi connectivity index (χ1) is 9.99. The third-order valence-electron chi connectivity index (χ3n) is 3.43. The first-order valence-electron chi connectivity index (χ1n) is 6.74. The van der Waals surface area contributed by atoms with Crippen LogP contribution in [0.5, 0.6) is 0 Å². The summed E-state index contributed by atoms with van der Waals surface area (Å²) in [6.45, 7) is 2.02. The van der Waals surface area contributed by atoms with Crippen LogP contribution in [0.1, 0.15) is 22.3 Å². The van der Waals surface area contributed by atoms with E-state index in [2.05, 4.69) is 0 Å². The largest absolute Gasteiger partial charge is 0.372 e. The van der Waals surface area contributed by atoms with Gasteiger partial charge in [-0.2, -0.15) is 0 Å². The van der Waals surface area contributed by atoms with Crippen molar-refractivity contribution in [1.29, 1.82) is 0 Å². The molecule has 110 valence electrons. The van der Waals surface area contributed by atoms with Gasteiger partial charge < -0.3 is 4.90 Å². The number of Topliss-reactive ketones (excluding diaryl/α,β-unsaturated/α-hetero) is 1. The van der Waals surface area contributed by atoms with Crippen LogP contribution in [-0.2, 0) is 0 Å². The molecular weight excluding hydrogens is 272 g/mol. The van der Waals surface area contributed by atoms with Crippen molar-refractivity contribution in [3.05, 3.63) is 65.2 Å². The number of carbonyl (C=O) groups excluding carboxylic acids is 1. The highest BCUT2D eigenvalue weighted by molar-refractivity contribution is 5.96. The Morgan fingerprint density at radius 1 is 1.10 bits per heavy atom. The summed E-state index contributed by atoms with van der Waals surface area (Å²) in [5.41, 5.74) is 1.30. The monoisotopic (exact) mass is 289 g/mol. The normalized spacial score (nSPS) is 10.5. The predicted molar refractivity (Wildman–Crippen MR) is 79.8 cm³/mol. The van der Waals surface area contributed by atoms with Gasteiger partial charge in [0.2, 0.25) is 0 Å². The molecule has 4 heteroatoms. The highest BCUT2D eigenvalue weighted by Crippen LogP contribution is 2.18. The number of nitrogens with zero attached hydrogens (tertiary/aromatic N) is 1. The minimum atomic E-state index is -0.386. The zero-order chi connectivity index (χ0) is 15.4. The number of rotatable bonds is 5. The van der Waals surface area contributed by atoms with Crippen molar-refractivity contribution in [2.75, 3.05) is 18.5 Å². The molecule has 0 heterocycles. The molecule has 0 atom stereocenters. The van der Waals surface area contributed by atoms with Crippen LogP contribution in [0.15, 0.2) is 42.5 Å². The number of aryl methyl sites for hydroxylation is 1. The van der Waals surface area contributed by atoms with Crippen molar-refractivity contribution >= 4 is 11.5 Å². The molecule has 0 unspecified atom stereocenters. The van der Waals surface area contributed by atoms with Crippen LogP contribution in [0.3, 0.4) is 0 Å². The van der Waals surface area contributed by atoms with E-state index in [-0.39, 0.29) is 23.8 Å². The van der Waals surface area contributed by atoms with Crippen molar-refractivity contribution < 1.29 is 13.6 Å². The SMILES string of the molecule is Cc1ccc(C(=O)CCN(C)c2ccccc2F)cc1F. The third kappa shape index (κ3) is 3.66. The topological polar surface area (TPSA) is 20.3 Å². The molecule has 21 heavy (non-hydrogen) atoms. The molecule has 2 aromatic rings. The second kappa shape index (κ2) is 6.48. The molecular formula is C17H17F2NO. The Labute approximate surface area is 123 Å². The fourth-order valence-electron chi connectivity index (χ4n) is 2.06. The Hall–Kier alpha value is -2.23. The molecule has 0 aliphatic heterocycles. The Kier molecular flexibility index (Phi) is 4.68. The highest BCUT2D eigenvalue weighted by Gasteiger charge is 2.11. The predicted octanol–water partition coefficient (Wildman–Crippen LogP) is 3.98. The lowest BCUT2D eigenvalue weighted by atomic mass is 10.1. The van der Waals surface area contributed by atoms with Gasteiger partial charge in [0.25, 0.3) is 0 Å². The van der Waals surface area contributed by atoms with E-state index in [4.69, 9.17) is 0 Å². The van der Waals surface area contributed by atoms with E-state index >= 15 is 0 Å². The highest BCUT2D eigenvalue weighted by atomic mass is 19.1. The van der Waals surface area contributed by atoms with E-state index in [9.17, 15) is 13.6 Å². The molecule has 2 aromatic carbocycles. The molecule has 0 bridgehead atoms. The Bertz CT molecular complexity index is 655. The van der Waals surface area contributed by atoms with Crippen molar-refractivity contribution in [1.82, 2.24) is 0 Å². The second-order valence-electron chi connectivity index (χ2n) is 5.01. The van der Waals surface area contributed by atoms with E-state index in [1.807, 2.05) is 0 Å². The smallest absolute Gasteiger partial charge is 0.164 e. The molecule has 0 radical (unpaired) electrons. The van der Waals surface area contributed by atoms with Gasteiger partial charge in [-0.15, -0.1) is 0 Å². The molecule has 0 aliphatic rings. The molecule has 0 saturated heterocycles. The first kappa shape index (κ1) is 15.2. The quantitative estimate of drug-likeness (QED) is 0.776. The Balaban J connectivity index is 2.01. The van der Waals surface area contributed by atoms with Crippen LogP contribution >= 0.6 is 0 Å². The Morgan fingerprint density at radius 3 is 2.48 bits per heavy atom. The molecule has 0 saturated carbocycles. The van der Waals surface area contributed by atoms with Crippen LogP contribution in [0, 0.1) is 18.6 Å². The summed E-state index contributed by atoms with van der Waals surface area (Å²) in [6, 6.07) is 10.8. The number of hydrogen-bond donors (Lipinski definition) is 0. The molecule has 2 rings (SSSR count). The second-order valence-corrected chi connectivity index (χ2v) is 5.01. The van der Waals surface area contributed by atoms with Crippen LogP contribution in [-0.4, -0.2) is 19.4 Å².